The van der Waals surface area contributed by atoms with Crippen LogP contribution in [0.3, 0.4) is 0 Å². The summed E-state index contributed by atoms with van der Waals surface area (Å²) in [5, 5.41) is 12.5. The monoisotopic (exact) mass is 321 g/mol. The van der Waals surface area contributed by atoms with E-state index in [0.717, 1.165) is 17.7 Å². The molecule has 3 unspecified atom stereocenters. The van der Waals surface area contributed by atoms with Crippen molar-refractivity contribution in [3.05, 3.63) is 23.8 Å². The van der Waals surface area contributed by atoms with Crippen molar-refractivity contribution >= 4 is 29.3 Å². The Balaban J connectivity index is 2.01. The van der Waals surface area contributed by atoms with E-state index in [4.69, 9.17) is 5.11 Å². The molecule has 3 atom stereocenters. The lowest BCUT2D eigenvalue weighted by molar-refractivity contribution is -0.151. The van der Waals surface area contributed by atoms with Gasteiger partial charge >= 0.3 is 5.97 Å². The van der Waals surface area contributed by atoms with Crippen LogP contribution in [0.15, 0.2) is 23.1 Å². The van der Waals surface area contributed by atoms with Crippen LogP contribution in [0.4, 0.5) is 5.69 Å². The second-order valence-electron chi connectivity index (χ2n) is 5.93. The maximum absolute atomic E-state index is 12.2. The third kappa shape index (κ3) is 3.83. The van der Waals surface area contributed by atoms with Crippen molar-refractivity contribution in [3.8, 4) is 0 Å². The number of amides is 1. The van der Waals surface area contributed by atoms with E-state index in [0.29, 0.717) is 18.1 Å². The molecular weight excluding hydrogens is 298 g/mol. The minimum Gasteiger partial charge on any atom is -0.481 e. The highest BCUT2D eigenvalue weighted by atomic mass is 32.2. The van der Waals surface area contributed by atoms with Crippen LogP contribution in [0.25, 0.3) is 0 Å². The predicted molar refractivity (Wildman–Crippen MR) is 89.3 cm³/mol. The number of carbonyl (C=O) groups is 2. The van der Waals surface area contributed by atoms with E-state index in [1.807, 2.05) is 30.8 Å². The minimum absolute atomic E-state index is 0.177. The quantitative estimate of drug-likeness (QED) is 0.779. The summed E-state index contributed by atoms with van der Waals surface area (Å²) < 4.78 is 0. The van der Waals surface area contributed by atoms with Gasteiger partial charge in [-0.3, -0.25) is 9.59 Å². The first kappa shape index (κ1) is 16.9. The lowest BCUT2D eigenvalue weighted by Gasteiger charge is -2.32. The molecule has 1 amide bonds. The highest BCUT2D eigenvalue weighted by Crippen LogP contribution is 2.36. The van der Waals surface area contributed by atoms with Crippen molar-refractivity contribution in [3.63, 3.8) is 0 Å². The summed E-state index contributed by atoms with van der Waals surface area (Å²) >= 11 is 1.82. The van der Waals surface area contributed by atoms with Crippen molar-refractivity contribution in [1.29, 1.82) is 0 Å². The predicted octanol–water partition coefficient (Wildman–Crippen LogP) is 3.93. The van der Waals surface area contributed by atoms with Crippen molar-refractivity contribution in [2.75, 3.05) is 5.32 Å². The fourth-order valence-corrected chi connectivity index (χ4v) is 3.52. The maximum atomic E-state index is 12.2. The largest absolute Gasteiger partial charge is 0.481 e. The van der Waals surface area contributed by atoms with Crippen molar-refractivity contribution in [2.24, 2.45) is 11.8 Å². The first-order valence-electron chi connectivity index (χ1n) is 7.73. The molecule has 0 heterocycles. The fourth-order valence-electron chi connectivity index (χ4n) is 2.50. The number of rotatable bonds is 6. The average molecular weight is 321 g/mol. The number of hydrogen-bond donors (Lipinski definition) is 2. The third-order valence-corrected chi connectivity index (χ3v) is 5.56. The molecule has 0 saturated heterocycles. The van der Waals surface area contributed by atoms with E-state index < -0.39 is 17.8 Å². The van der Waals surface area contributed by atoms with Crippen molar-refractivity contribution in [1.82, 2.24) is 0 Å². The standard InChI is InChI=1S/C17H23NO3S/c1-4-11(3)22-12-5-8-15(10(2)9-12)18-16(19)13-6-7-14(13)17(20)21/h5,8-9,11,13-14H,4,6-7H2,1-3H3,(H,18,19)(H,20,21). The summed E-state index contributed by atoms with van der Waals surface area (Å²) in [5.41, 5.74) is 1.78. The number of carboxylic acids is 1. The fraction of sp³-hybridized carbons (Fsp3) is 0.529. The first-order valence-corrected chi connectivity index (χ1v) is 8.61. The zero-order chi connectivity index (χ0) is 16.3. The zero-order valence-corrected chi connectivity index (χ0v) is 14.1. The Bertz CT molecular complexity index is 573. The van der Waals surface area contributed by atoms with Crippen LogP contribution in [0.1, 0.15) is 38.7 Å². The molecule has 4 nitrogen and oxygen atoms in total. The van der Waals surface area contributed by atoms with Gasteiger partial charge in [-0.2, -0.15) is 0 Å². The lowest BCUT2D eigenvalue weighted by atomic mass is 9.73. The first-order chi connectivity index (χ1) is 10.4. The van der Waals surface area contributed by atoms with E-state index >= 15 is 0 Å². The smallest absolute Gasteiger partial charge is 0.307 e. The highest BCUT2D eigenvalue weighted by Gasteiger charge is 2.41. The van der Waals surface area contributed by atoms with Crippen LogP contribution in [0.5, 0.6) is 0 Å². The van der Waals surface area contributed by atoms with E-state index in [1.54, 1.807) is 0 Å². The molecule has 1 fully saturated rings. The number of nitrogens with one attached hydrogen (secondary N) is 1. The number of carboxylic acid groups (broad SMARTS) is 1. The summed E-state index contributed by atoms with van der Waals surface area (Å²) in [6.45, 7) is 6.32. The average Bonchev–Trinajstić information content (AvgIpc) is 2.39. The van der Waals surface area contributed by atoms with Crippen LogP contribution in [0.2, 0.25) is 0 Å². The number of thioether (sulfide) groups is 1. The summed E-state index contributed by atoms with van der Waals surface area (Å²) in [6.07, 6.45) is 2.36. The van der Waals surface area contributed by atoms with E-state index in [1.165, 1.54) is 4.90 Å². The molecule has 0 radical (unpaired) electrons. The van der Waals surface area contributed by atoms with Gasteiger partial charge in [-0.15, -0.1) is 11.8 Å². The number of anilines is 1. The number of aryl methyl sites for hydroxylation is 1. The summed E-state index contributed by atoms with van der Waals surface area (Å²) in [7, 11) is 0. The summed E-state index contributed by atoms with van der Waals surface area (Å²) in [4.78, 5) is 24.4. The van der Waals surface area contributed by atoms with E-state index in [-0.39, 0.29) is 5.91 Å². The zero-order valence-electron chi connectivity index (χ0n) is 13.3. The molecule has 1 aromatic rings. The Hall–Kier alpha value is -1.49. The maximum Gasteiger partial charge on any atom is 0.307 e. The second kappa shape index (κ2) is 7.18. The molecule has 1 aliphatic rings. The molecule has 0 aliphatic heterocycles. The van der Waals surface area contributed by atoms with Gasteiger partial charge < -0.3 is 10.4 Å². The van der Waals surface area contributed by atoms with E-state index in [2.05, 4.69) is 25.2 Å². The summed E-state index contributed by atoms with van der Waals surface area (Å²) in [6, 6.07) is 5.99. The summed E-state index contributed by atoms with van der Waals surface area (Å²) in [5.74, 6) is -1.97. The second-order valence-corrected chi connectivity index (χ2v) is 7.44. The Kier molecular flexibility index (Phi) is 5.51. The molecule has 0 spiro atoms. The van der Waals surface area contributed by atoms with Crippen LogP contribution >= 0.6 is 11.8 Å². The Morgan fingerprint density at radius 2 is 2.05 bits per heavy atom. The van der Waals surface area contributed by atoms with Gasteiger partial charge in [0.1, 0.15) is 0 Å². The van der Waals surface area contributed by atoms with Gasteiger partial charge in [-0.1, -0.05) is 13.8 Å². The van der Waals surface area contributed by atoms with Gasteiger partial charge in [-0.25, -0.2) is 0 Å². The Morgan fingerprint density at radius 3 is 2.55 bits per heavy atom. The number of benzene rings is 1. The molecule has 0 aromatic heterocycles. The van der Waals surface area contributed by atoms with Gasteiger partial charge in [0.05, 0.1) is 11.8 Å². The van der Waals surface area contributed by atoms with Gasteiger partial charge in [0, 0.05) is 15.8 Å². The van der Waals surface area contributed by atoms with Gasteiger partial charge in [-0.05, 0) is 49.9 Å². The van der Waals surface area contributed by atoms with Crippen LogP contribution < -0.4 is 5.32 Å². The van der Waals surface area contributed by atoms with Crippen LogP contribution in [-0.2, 0) is 9.59 Å². The molecule has 1 aliphatic carbocycles. The molecule has 2 N–H and O–H groups in total. The van der Waals surface area contributed by atoms with Gasteiger partial charge in [0.15, 0.2) is 0 Å². The minimum atomic E-state index is -0.872. The topological polar surface area (TPSA) is 66.4 Å². The van der Waals surface area contributed by atoms with Crippen molar-refractivity contribution < 1.29 is 14.7 Å². The Morgan fingerprint density at radius 1 is 1.36 bits per heavy atom. The van der Waals surface area contributed by atoms with Gasteiger partial charge in [0.25, 0.3) is 0 Å². The van der Waals surface area contributed by atoms with Crippen molar-refractivity contribution in [2.45, 2.75) is 50.2 Å². The number of hydrogen-bond acceptors (Lipinski definition) is 3. The SMILES string of the molecule is CCC(C)Sc1ccc(NC(=O)C2CCC2C(=O)O)c(C)c1. The molecule has 1 aromatic carbocycles. The molecule has 2 rings (SSSR count). The number of carbonyl (C=O) groups excluding carboxylic acids is 1. The Labute approximate surface area is 135 Å². The molecular formula is C17H23NO3S. The molecule has 1 saturated carbocycles. The van der Waals surface area contributed by atoms with E-state index in [9.17, 15) is 9.59 Å². The number of aliphatic carboxylic acids is 1. The highest BCUT2D eigenvalue weighted by molar-refractivity contribution is 7.99. The van der Waals surface area contributed by atoms with Crippen LogP contribution in [-0.4, -0.2) is 22.2 Å². The van der Waals surface area contributed by atoms with Crippen LogP contribution in [0, 0.1) is 18.8 Å². The molecule has 22 heavy (non-hydrogen) atoms. The molecule has 0 bridgehead atoms. The normalized spacial score (nSPS) is 21.8. The third-order valence-electron chi connectivity index (χ3n) is 4.30. The van der Waals surface area contributed by atoms with Gasteiger partial charge in [0.2, 0.25) is 5.91 Å². The lowest BCUT2D eigenvalue weighted by Crippen LogP contribution is -2.41. The molecule has 5 heteroatoms. The molecule has 120 valence electrons.